The van der Waals surface area contributed by atoms with Crippen LogP contribution in [0.3, 0.4) is 0 Å². The van der Waals surface area contributed by atoms with Gasteiger partial charge in [-0.3, -0.25) is 9.59 Å². The van der Waals surface area contributed by atoms with Crippen LogP contribution in [0.1, 0.15) is 41.6 Å². The summed E-state index contributed by atoms with van der Waals surface area (Å²) in [6.45, 7) is 0.0134. The summed E-state index contributed by atoms with van der Waals surface area (Å²) in [5.41, 5.74) is 5.16. The van der Waals surface area contributed by atoms with E-state index in [9.17, 15) is 22.8 Å². The zero-order valence-corrected chi connectivity index (χ0v) is 17.6. The Balaban J connectivity index is 1.61. The fourth-order valence-electron chi connectivity index (χ4n) is 3.74. The van der Waals surface area contributed by atoms with Crippen molar-refractivity contribution in [2.24, 2.45) is 17.6 Å². The third-order valence-electron chi connectivity index (χ3n) is 5.70. The molecule has 3 rings (SSSR count). The molecule has 1 fully saturated rings. The van der Waals surface area contributed by atoms with Crippen molar-refractivity contribution in [3.8, 4) is 11.5 Å². The second-order valence-corrected chi connectivity index (χ2v) is 7.83. The third-order valence-corrected chi connectivity index (χ3v) is 5.70. The van der Waals surface area contributed by atoms with E-state index in [0.717, 1.165) is 0 Å². The molecule has 0 saturated heterocycles. The number of hydrogen-bond acceptors (Lipinski definition) is 4. The Morgan fingerprint density at radius 1 is 1.06 bits per heavy atom. The minimum Gasteiger partial charge on any atom is -0.497 e. The van der Waals surface area contributed by atoms with Crippen molar-refractivity contribution in [2.45, 2.75) is 32.3 Å². The molecule has 1 aliphatic carbocycles. The van der Waals surface area contributed by atoms with Gasteiger partial charge in [0.1, 0.15) is 12.4 Å². The van der Waals surface area contributed by atoms with Gasteiger partial charge in [0.2, 0.25) is 11.7 Å². The largest absolute Gasteiger partial charge is 0.497 e. The van der Waals surface area contributed by atoms with Gasteiger partial charge in [-0.25, -0.2) is 8.78 Å². The van der Waals surface area contributed by atoms with Gasteiger partial charge in [-0.2, -0.15) is 4.39 Å². The van der Waals surface area contributed by atoms with Gasteiger partial charge in [-0.15, -0.1) is 0 Å². The lowest BCUT2D eigenvalue weighted by molar-refractivity contribution is -0.122. The molecule has 1 aliphatic rings. The van der Waals surface area contributed by atoms with Crippen LogP contribution in [0.25, 0.3) is 0 Å². The Bertz CT molecular complexity index is 974. The van der Waals surface area contributed by atoms with Crippen LogP contribution in [0, 0.1) is 29.3 Å². The summed E-state index contributed by atoms with van der Waals surface area (Å²) in [6, 6.07) is 7.22. The monoisotopic (exact) mass is 450 g/mol. The van der Waals surface area contributed by atoms with E-state index < -0.39 is 34.7 Å². The van der Waals surface area contributed by atoms with Crippen molar-refractivity contribution in [1.82, 2.24) is 5.32 Å². The van der Waals surface area contributed by atoms with Crippen LogP contribution in [-0.4, -0.2) is 25.5 Å². The molecule has 2 aromatic carbocycles. The van der Waals surface area contributed by atoms with Crippen molar-refractivity contribution in [1.29, 1.82) is 0 Å². The van der Waals surface area contributed by atoms with E-state index in [-0.39, 0.29) is 30.9 Å². The van der Waals surface area contributed by atoms with Crippen molar-refractivity contribution in [3.05, 3.63) is 58.9 Å². The first-order valence-electron chi connectivity index (χ1n) is 10.3. The average Bonchev–Trinajstić information content (AvgIpc) is 2.80. The van der Waals surface area contributed by atoms with E-state index in [1.54, 1.807) is 24.3 Å². The molecule has 3 N–H and O–H groups in total. The molecule has 0 radical (unpaired) electrons. The molecule has 0 atom stereocenters. The van der Waals surface area contributed by atoms with Gasteiger partial charge in [-0.1, -0.05) is 12.1 Å². The highest BCUT2D eigenvalue weighted by Gasteiger charge is 2.27. The molecule has 0 spiro atoms. The molecule has 6 nitrogen and oxygen atoms in total. The lowest BCUT2D eigenvalue weighted by Crippen LogP contribution is -2.34. The van der Waals surface area contributed by atoms with Crippen LogP contribution in [0.15, 0.2) is 30.3 Å². The fraction of sp³-hybridized carbons (Fsp3) is 0.391. The molecule has 0 aromatic heterocycles. The maximum atomic E-state index is 14.5. The number of carbonyl (C=O) groups is 2. The number of primary amides is 1. The molecular weight excluding hydrogens is 425 g/mol. The van der Waals surface area contributed by atoms with E-state index in [2.05, 4.69) is 5.32 Å². The zero-order chi connectivity index (χ0) is 23.3. The Hall–Kier alpha value is -3.23. The normalized spacial score (nSPS) is 18.1. The number of halogens is 3. The number of benzene rings is 2. The molecule has 172 valence electrons. The maximum Gasteiger partial charge on any atom is 0.254 e. The number of carbonyl (C=O) groups excluding carboxylic acids is 2. The number of amides is 2. The summed E-state index contributed by atoms with van der Waals surface area (Å²) in [7, 11) is 1.51. The van der Waals surface area contributed by atoms with Crippen LogP contribution in [0.5, 0.6) is 11.5 Å². The van der Waals surface area contributed by atoms with Crippen LogP contribution in [-0.2, 0) is 11.4 Å². The first-order valence-corrected chi connectivity index (χ1v) is 10.3. The van der Waals surface area contributed by atoms with Gasteiger partial charge < -0.3 is 20.5 Å². The van der Waals surface area contributed by atoms with Gasteiger partial charge in [0.05, 0.1) is 12.7 Å². The van der Waals surface area contributed by atoms with Crippen LogP contribution in [0.4, 0.5) is 13.2 Å². The molecule has 0 heterocycles. The Morgan fingerprint density at radius 2 is 1.72 bits per heavy atom. The molecule has 1 saturated carbocycles. The van der Waals surface area contributed by atoms with E-state index in [4.69, 9.17) is 15.2 Å². The Labute approximate surface area is 183 Å². The SMILES string of the molecule is COc1ccc(COc2c(F)cc(C(=O)NCC3CCC(C(N)=O)CC3)c(F)c2F)cc1. The van der Waals surface area contributed by atoms with Crippen molar-refractivity contribution >= 4 is 11.8 Å². The van der Waals surface area contributed by atoms with E-state index in [0.29, 0.717) is 43.1 Å². The summed E-state index contributed by atoms with van der Waals surface area (Å²) in [5.74, 6) is -5.85. The minimum absolute atomic E-state index is 0.0828. The number of ether oxygens (including phenoxy) is 2. The first kappa shape index (κ1) is 23.4. The summed E-state index contributed by atoms with van der Waals surface area (Å²) < 4.78 is 53.5. The quantitative estimate of drug-likeness (QED) is 0.600. The average molecular weight is 450 g/mol. The number of rotatable bonds is 8. The standard InChI is InChI=1S/C23H25F3N2O4/c1-31-16-8-4-14(5-9-16)12-32-21-18(24)10-17(19(25)20(21)26)23(30)28-11-13-2-6-15(7-3-13)22(27)29/h4-5,8-10,13,15H,2-3,6-7,11-12H2,1H3,(H2,27,29)(H,28,30). The van der Waals surface area contributed by atoms with Gasteiger partial charge in [0.25, 0.3) is 5.91 Å². The summed E-state index contributed by atoms with van der Waals surface area (Å²) in [4.78, 5) is 23.5. The fourth-order valence-corrected chi connectivity index (χ4v) is 3.74. The smallest absolute Gasteiger partial charge is 0.254 e. The third kappa shape index (κ3) is 5.52. The van der Waals surface area contributed by atoms with Gasteiger partial charge in [0, 0.05) is 12.5 Å². The second kappa shape index (κ2) is 10.4. The number of nitrogens with one attached hydrogen (secondary N) is 1. The molecule has 9 heteroatoms. The highest BCUT2D eigenvalue weighted by atomic mass is 19.2. The van der Waals surface area contributed by atoms with Crippen molar-refractivity contribution in [2.75, 3.05) is 13.7 Å². The first-order chi connectivity index (χ1) is 15.3. The number of hydrogen-bond donors (Lipinski definition) is 2. The van der Waals surface area contributed by atoms with E-state index >= 15 is 0 Å². The minimum atomic E-state index is -1.56. The highest BCUT2D eigenvalue weighted by Crippen LogP contribution is 2.30. The molecule has 2 aromatic rings. The molecule has 0 bridgehead atoms. The predicted molar refractivity (Wildman–Crippen MR) is 111 cm³/mol. The lowest BCUT2D eigenvalue weighted by Gasteiger charge is -2.26. The Morgan fingerprint density at radius 3 is 2.31 bits per heavy atom. The van der Waals surface area contributed by atoms with Crippen LogP contribution >= 0.6 is 0 Å². The van der Waals surface area contributed by atoms with Crippen LogP contribution in [0.2, 0.25) is 0 Å². The maximum absolute atomic E-state index is 14.5. The van der Waals surface area contributed by atoms with E-state index in [1.807, 2.05) is 0 Å². The molecule has 32 heavy (non-hydrogen) atoms. The molecule has 0 aliphatic heterocycles. The lowest BCUT2D eigenvalue weighted by atomic mass is 9.81. The van der Waals surface area contributed by atoms with Gasteiger partial charge in [-0.05, 0) is 55.4 Å². The zero-order valence-electron chi connectivity index (χ0n) is 17.6. The van der Waals surface area contributed by atoms with Crippen molar-refractivity contribution < 1.29 is 32.2 Å². The molecule has 2 amide bonds. The Kier molecular flexibility index (Phi) is 7.61. The second-order valence-electron chi connectivity index (χ2n) is 7.83. The number of nitrogens with two attached hydrogens (primary N) is 1. The summed E-state index contributed by atoms with van der Waals surface area (Å²) in [5, 5.41) is 2.52. The van der Waals surface area contributed by atoms with Gasteiger partial charge in [0.15, 0.2) is 17.4 Å². The summed E-state index contributed by atoms with van der Waals surface area (Å²) in [6.07, 6.45) is 2.59. The van der Waals surface area contributed by atoms with Crippen LogP contribution < -0.4 is 20.5 Å². The number of methoxy groups -OCH3 is 1. The van der Waals surface area contributed by atoms with Gasteiger partial charge >= 0.3 is 0 Å². The topological polar surface area (TPSA) is 90.7 Å². The predicted octanol–water partition coefficient (Wildman–Crippen LogP) is 3.71. The highest BCUT2D eigenvalue weighted by molar-refractivity contribution is 5.94. The molecule has 0 unspecified atom stereocenters. The molecular formula is C23H25F3N2O4. The van der Waals surface area contributed by atoms with E-state index in [1.165, 1.54) is 7.11 Å². The van der Waals surface area contributed by atoms with Crippen molar-refractivity contribution in [3.63, 3.8) is 0 Å². The summed E-state index contributed by atoms with van der Waals surface area (Å²) >= 11 is 0.